The molecule has 4 aliphatic rings. The van der Waals surface area contributed by atoms with Crippen molar-refractivity contribution >= 4 is 23.5 Å². The van der Waals surface area contributed by atoms with E-state index >= 15 is 0 Å². The average molecular weight is 701 g/mol. The fourth-order valence-electron chi connectivity index (χ4n) is 6.97. The highest BCUT2D eigenvalue weighted by atomic mass is 19.4. The van der Waals surface area contributed by atoms with Crippen LogP contribution >= 0.6 is 0 Å². The zero-order valence-electron chi connectivity index (χ0n) is 27.6. The molecular formula is C36H35F3N8O4. The second-order valence-corrected chi connectivity index (χ2v) is 12.8. The molecule has 0 saturated carbocycles. The van der Waals surface area contributed by atoms with Crippen LogP contribution in [0.1, 0.15) is 52.3 Å². The highest BCUT2D eigenvalue weighted by Crippen LogP contribution is 2.41. The maximum Gasteiger partial charge on any atom is 0.433 e. The molecule has 4 aliphatic heterocycles. The number of amides is 3. The van der Waals surface area contributed by atoms with Crippen LogP contribution in [0.5, 0.6) is 0 Å². The number of para-hydroxylation sites is 1. The third-order valence-corrected chi connectivity index (χ3v) is 9.31. The summed E-state index contributed by atoms with van der Waals surface area (Å²) in [7, 11) is 0. The molecule has 0 radical (unpaired) electrons. The minimum atomic E-state index is -4.80. The van der Waals surface area contributed by atoms with E-state index in [2.05, 4.69) is 37.2 Å². The van der Waals surface area contributed by atoms with Crippen molar-refractivity contribution in [3.8, 4) is 5.69 Å². The van der Waals surface area contributed by atoms with Crippen molar-refractivity contribution in [2.45, 2.75) is 50.2 Å². The van der Waals surface area contributed by atoms with E-state index in [9.17, 15) is 27.6 Å². The van der Waals surface area contributed by atoms with Gasteiger partial charge in [-0.25, -0.2) is 14.6 Å². The van der Waals surface area contributed by atoms with Gasteiger partial charge in [0.25, 0.3) is 11.8 Å². The first-order valence-corrected chi connectivity index (χ1v) is 16.6. The number of nitrogens with zero attached hydrogens (tertiary/aromatic N) is 6. The molecule has 264 valence electrons. The monoisotopic (exact) mass is 700 g/mol. The molecule has 2 aromatic carbocycles. The molecule has 51 heavy (non-hydrogen) atoms. The van der Waals surface area contributed by atoms with Crippen molar-refractivity contribution in [2.75, 3.05) is 31.1 Å². The minimum absolute atomic E-state index is 0.160. The van der Waals surface area contributed by atoms with Crippen LogP contribution < -0.4 is 15.5 Å². The number of benzene rings is 2. The minimum Gasteiger partial charge on any atom is -0.372 e. The number of fused-ring (bicyclic) bond motifs is 3. The highest BCUT2D eigenvalue weighted by molar-refractivity contribution is 6.04. The number of piperidine rings is 1. The first kappa shape index (κ1) is 34.1. The maximum atomic E-state index is 14.3. The number of rotatable bonds is 10. The van der Waals surface area contributed by atoms with E-state index in [-0.39, 0.29) is 31.2 Å². The van der Waals surface area contributed by atoms with Gasteiger partial charge in [-0.1, -0.05) is 49.0 Å². The summed E-state index contributed by atoms with van der Waals surface area (Å²) in [4.78, 5) is 51.6. The number of carbonyl (C=O) groups is 3. The summed E-state index contributed by atoms with van der Waals surface area (Å²) in [5, 5.41) is 10.2. The average Bonchev–Trinajstić information content (AvgIpc) is 3.55. The molecule has 6 heterocycles. The van der Waals surface area contributed by atoms with Crippen molar-refractivity contribution in [2.24, 2.45) is 0 Å². The first-order valence-electron chi connectivity index (χ1n) is 16.6. The van der Waals surface area contributed by atoms with E-state index in [0.29, 0.717) is 40.8 Å². The van der Waals surface area contributed by atoms with Gasteiger partial charge in [0.1, 0.15) is 17.6 Å². The third kappa shape index (κ3) is 6.86. The predicted octanol–water partition coefficient (Wildman–Crippen LogP) is 3.62. The van der Waals surface area contributed by atoms with Crippen LogP contribution in [0.3, 0.4) is 0 Å². The normalized spacial score (nSPS) is 21.4. The van der Waals surface area contributed by atoms with Gasteiger partial charge in [-0.2, -0.15) is 18.3 Å². The first-order chi connectivity index (χ1) is 24.5. The second-order valence-electron chi connectivity index (χ2n) is 12.8. The topological polar surface area (TPSA) is 135 Å². The van der Waals surface area contributed by atoms with Gasteiger partial charge < -0.3 is 15.4 Å². The van der Waals surface area contributed by atoms with Gasteiger partial charge in [-0.05, 0) is 36.2 Å². The lowest BCUT2D eigenvalue weighted by Gasteiger charge is -2.47. The Balaban J connectivity index is 1.19. The lowest BCUT2D eigenvalue weighted by Crippen LogP contribution is -2.57. The molecule has 4 aromatic rings. The molecule has 8 rings (SSSR count). The SMILES string of the molecule is C=C(CN1CC2CC(C1)O2)C(=O)NCc1cccc([C@@H]2c3cnn(-c4ccccc4)c3N(CC)C(=O)[C@H]2NC(=O)c2nccc(C(F)(F)F)n2)c1. The standard InChI is InChI=1S/C36H35F3N8O4/c1-3-46-34-27(17-42-47(34)24-10-5-4-6-11-24)29(30(35(46)50)44-33(49)31-40-13-12-28(43-31)36(37,38)39)23-9-7-8-22(14-23)16-41-32(48)21(2)18-45-19-25-15-26(20-45)51-25/h4-14,17,25-26,29-30H,2-3,15-16,18-20H2,1H3,(H,41,48)(H,44,49)/t25?,26?,29-,30+/m1/s1. The van der Waals surface area contributed by atoms with Crippen molar-refractivity contribution in [1.82, 2.24) is 35.3 Å². The number of likely N-dealkylation sites (N-methyl/N-ethyl adjacent to an activating group) is 1. The van der Waals surface area contributed by atoms with E-state index in [1.54, 1.807) is 29.9 Å². The smallest absolute Gasteiger partial charge is 0.372 e. The van der Waals surface area contributed by atoms with Gasteiger partial charge in [0, 0.05) is 62.4 Å². The molecule has 4 atom stereocenters. The quantitative estimate of drug-likeness (QED) is 0.240. The van der Waals surface area contributed by atoms with Crippen LogP contribution in [0.25, 0.3) is 5.69 Å². The summed E-state index contributed by atoms with van der Waals surface area (Å²) >= 11 is 0. The zero-order chi connectivity index (χ0) is 35.9. The number of alkyl halides is 3. The summed E-state index contributed by atoms with van der Waals surface area (Å²) in [6.07, 6.45) is -0.856. The molecule has 2 bridgehead atoms. The van der Waals surface area contributed by atoms with E-state index in [1.165, 1.54) is 4.90 Å². The predicted molar refractivity (Wildman–Crippen MR) is 179 cm³/mol. The van der Waals surface area contributed by atoms with Crippen LogP contribution in [-0.2, 0) is 27.0 Å². The molecule has 15 heteroatoms. The number of aromatic nitrogens is 4. The molecule has 2 unspecified atom stereocenters. The molecule has 3 saturated heterocycles. The summed E-state index contributed by atoms with van der Waals surface area (Å²) in [5.41, 5.74) is 1.79. The Labute approximate surface area is 291 Å². The molecule has 2 N–H and O–H groups in total. The maximum absolute atomic E-state index is 14.3. The van der Waals surface area contributed by atoms with Crippen molar-refractivity contribution in [1.29, 1.82) is 0 Å². The number of anilines is 1. The molecule has 0 aliphatic carbocycles. The Morgan fingerprint density at radius 2 is 1.80 bits per heavy atom. The van der Waals surface area contributed by atoms with Gasteiger partial charge in [0.15, 0.2) is 0 Å². The number of carbonyl (C=O) groups excluding carboxylic acids is 3. The molecular weight excluding hydrogens is 665 g/mol. The van der Waals surface area contributed by atoms with E-state index in [0.717, 1.165) is 31.3 Å². The van der Waals surface area contributed by atoms with Crippen molar-refractivity contribution < 1.29 is 32.3 Å². The lowest BCUT2D eigenvalue weighted by atomic mass is 9.82. The Hall–Kier alpha value is -5.41. The zero-order valence-corrected chi connectivity index (χ0v) is 27.6. The van der Waals surface area contributed by atoms with Gasteiger partial charge in [0.2, 0.25) is 11.7 Å². The number of hydrogen-bond donors (Lipinski definition) is 2. The Kier molecular flexibility index (Phi) is 9.16. The Morgan fingerprint density at radius 3 is 2.51 bits per heavy atom. The third-order valence-electron chi connectivity index (χ3n) is 9.31. The fraction of sp³-hybridized carbons (Fsp3) is 0.333. The molecule has 12 nitrogen and oxygen atoms in total. The number of halogens is 3. The number of ether oxygens (including phenoxy) is 1. The van der Waals surface area contributed by atoms with E-state index in [1.807, 2.05) is 42.5 Å². The van der Waals surface area contributed by atoms with Crippen molar-refractivity contribution in [3.05, 3.63) is 113 Å². The fourth-order valence-corrected chi connectivity index (χ4v) is 6.97. The van der Waals surface area contributed by atoms with E-state index in [4.69, 9.17) is 4.74 Å². The molecule has 2 aromatic heterocycles. The number of hydrogen-bond acceptors (Lipinski definition) is 8. The van der Waals surface area contributed by atoms with Gasteiger partial charge in [0.05, 0.1) is 24.1 Å². The summed E-state index contributed by atoms with van der Waals surface area (Å²) in [6, 6.07) is 15.8. The largest absolute Gasteiger partial charge is 0.433 e. The van der Waals surface area contributed by atoms with Crippen molar-refractivity contribution in [3.63, 3.8) is 0 Å². The molecule has 3 amide bonds. The Morgan fingerprint density at radius 1 is 1.06 bits per heavy atom. The lowest BCUT2D eigenvalue weighted by molar-refractivity contribution is -0.179. The summed E-state index contributed by atoms with van der Waals surface area (Å²) in [6.45, 7) is 8.10. The van der Waals surface area contributed by atoms with E-state index < -0.39 is 41.5 Å². The second kappa shape index (κ2) is 13.7. The van der Waals surface area contributed by atoms with Crippen LogP contribution in [0.2, 0.25) is 0 Å². The van der Waals surface area contributed by atoms with Gasteiger partial charge in [-0.3, -0.25) is 24.2 Å². The number of nitrogens with one attached hydrogen (secondary N) is 2. The summed E-state index contributed by atoms with van der Waals surface area (Å²) in [5.74, 6) is -2.88. The highest BCUT2D eigenvalue weighted by Gasteiger charge is 2.45. The molecule has 0 spiro atoms. The van der Waals surface area contributed by atoms with Gasteiger partial charge >= 0.3 is 6.18 Å². The number of morpholine rings is 1. The van der Waals surface area contributed by atoms with Gasteiger partial charge in [-0.15, -0.1) is 0 Å². The van der Waals surface area contributed by atoms with Crippen LogP contribution in [0.15, 0.2) is 85.2 Å². The van der Waals surface area contributed by atoms with Crippen LogP contribution in [-0.4, -0.2) is 86.8 Å². The van der Waals surface area contributed by atoms with Crippen LogP contribution in [0.4, 0.5) is 19.0 Å². The summed E-state index contributed by atoms with van der Waals surface area (Å²) < 4.78 is 47.6. The Bertz CT molecular complexity index is 1970. The van der Waals surface area contributed by atoms with Crippen LogP contribution in [0, 0.1) is 0 Å². The molecule has 3 fully saturated rings.